The summed E-state index contributed by atoms with van der Waals surface area (Å²) < 4.78 is 1.39. The molecule has 1 saturated carbocycles. The smallest absolute Gasteiger partial charge is 0.319 e. The minimum absolute atomic E-state index is 0.0107. The zero-order valence-electron chi connectivity index (χ0n) is 13.3. The Morgan fingerprint density at radius 1 is 1.42 bits per heavy atom. The van der Waals surface area contributed by atoms with E-state index < -0.39 is 5.91 Å². The van der Waals surface area contributed by atoms with Crippen LogP contribution in [0.25, 0.3) is 0 Å². The van der Waals surface area contributed by atoms with Crippen LogP contribution in [0.4, 0.5) is 10.5 Å². The molecule has 128 valence electrons. The topological polar surface area (TPSA) is 102 Å². The van der Waals surface area contributed by atoms with E-state index in [1.807, 2.05) is 11.4 Å². The molecule has 7 nitrogen and oxygen atoms in total. The van der Waals surface area contributed by atoms with E-state index in [1.54, 1.807) is 17.5 Å². The van der Waals surface area contributed by atoms with E-state index in [0.717, 1.165) is 12.8 Å². The highest BCUT2D eigenvalue weighted by molar-refractivity contribution is 7.10. The largest absolute Gasteiger partial charge is 0.368 e. The van der Waals surface area contributed by atoms with Gasteiger partial charge in [-0.05, 0) is 30.2 Å². The number of nitrogens with one attached hydrogen (secondary N) is 2. The molecular weight excluding hydrogens is 326 g/mol. The molecule has 0 saturated heterocycles. The first-order valence-corrected chi connectivity index (χ1v) is 8.91. The molecule has 0 radical (unpaired) electrons. The maximum atomic E-state index is 12.4. The van der Waals surface area contributed by atoms with Gasteiger partial charge in [-0.1, -0.05) is 18.9 Å². The minimum atomic E-state index is -0.479. The van der Waals surface area contributed by atoms with Gasteiger partial charge in [0.05, 0.1) is 17.9 Å². The fraction of sp³-hybridized carbons (Fsp3) is 0.438. The summed E-state index contributed by atoms with van der Waals surface area (Å²) in [5, 5.41) is 11.9. The van der Waals surface area contributed by atoms with E-state index in [1.165, 1.54) is 28.6 Å². The molecule has 3 rings (SSSR count). The maximum absolute atomic E-state index is 12.4. The summed E-state index contributed by atoms with van der Waals surface area (Å²) in [5.74, 6) is 0.0000733. The Morgan fingerprint density at radius 3 is 2.88 bits per heavy atom. The van der Waals surface area contributed by atoms with E-state index in [9.17, 15) is 9.59 Å². The summed E-state index contributed by atoms with van der Waals surface area (Å²) >= 11 is 1.67. The Morgan fingerprint density at radius 2 is 2.21 bits per heavy atom. The molecule has 2 aromatic rings. The molecular formula is C16H21N5O2S. The van der Waals surface area contributed by atoms with Crippen LogP contribution in [-0.2, 0) is 11.3 Å². The number of carbonyl (C=O) groups excluding carboxylic acids is 2. The van der Waals surface area contributed by atoms with Crippen LogP contribution in [0, 0.1) is 5.92 Å². The first-order valence-electron chi connectivity index (χ1n) is 8.03. The molecule has 3 amide bonds. The number of thiophene rings is 1. The van der Waals surface area contributed by atoms with E-state index in [4.69, 9.17) is 5.73 Å². The lowest BCUT2D eigenvalue weighted by atomic mass is 9.97. The van der Waals surface area contributed by atoms with Crippen molar-refractivity contribution in [3.63, 3.8) is 0 Å². The van der Waals surface area contributed by atoms with Crippen molar-refractivity contribution < 1.29 is 9.59 Å². The lowest BCUT2D eigenvalue weighted by Crippen LogP contribution is -2.35. The summed E-state index contributed by atoms with van der Waals surface area (Å²) in [4.78, 5) is 24.4. The fourth-order valence-corrected chi connectivity index (χ4v) is 4.03. The standard InChI is InChI=1S/C16H21N5O2S/c17-14(22)10-21-9-12(8-18-21)19-16(23)20-15(11-4-1-2-5-11)13-6-3-7-24-13/h3,6-9,11,15H,1-2,4-5,10H2,(H2,17,22)(H2,19,20,23)/t15-/m0/s1. The average Bonchev–Trinajstić information content (AvgIpc) is 3.27. The molecule has 1 aliphatic rings. The lowest BCUT2D eigenvalue weighted by molar-refractivity contribution is -0.118. The van der Waals surface area contributed by atoms with Crippen LogP contribution in [0.5, 0.6) is 0 Å². The predicted octanol–water partition coefficient (Wildman–Crippen LogP) is 2.48. The SMILES string of the molecule is NC(=O)Cn1cc(NC(=O)N[C@H](c2cccs2)C2CCCC2)cn1. The first-order chi connectivity index (χ1) is 11.6. The highest BCUT2D eigenvalue weighted by Crippen LogP contribution is 2.37. The molecule has 1 aliphatic carbocycles. The molecule has 1 atom stereocenters. The molecule has 4 N–H and O–H groups in total. The number of primary amides is 1. The van der Waals surface area contributed by atoms with Crippen molar-refractivity contribution in [3.8, 4) is 0 Å². The van der Waals surface area contributed by atoms with Crippen LogP contribution in [0.2, 0.25) is 0 Å². The van der Waals surface area contributed by atoms with Crippen LogP contribution in [0.1, 0.15) is 36.6 Å². The second-order valence-electron chi connectivity index (χ2n) is 6.03. The Balaban J connectivity index is 1.63. The van der Waals surface area contributed by atoms with Gasteiger partial charge in [0.2, 0.25) is 5.91 Å². The number of rotatable bonds is 6. The van der Waals surface area contributed by atoms with E-state index in [0.29, 0.717) is 11.6 Å². The van der Waals surface area contributed by atoms with Crippen molar-refractivity contribution in [3.05, 3.63) is 34.8 Å². The number of aromatic nitrogens is 2. The zero-order chi connectivity index (χ0) is 16.9. The quantitative estimate of drug-likeness (QED) is 0.748. The molecule has 0 aromatic carbocycles. The maximum Gasteiger partial charge on any atom is 0.319 e. The first kappa shape index (κ1) is 16.5. The van der Waals surface area contributed by atoms with Crippen molar-refractivity contribution in [2.24, 2.45) is 11.7 Å². The second kappa shape index (κ2) is 7.48. The molecule has 8 heteroatoms. The number of hydrogen-bond donors (Lipinski definition) is 3. The van der Waals surface area contributed by atoms with Crippen LogP contribution in [0.15, 0.2) is 29.9 Å². The van der Waals surface area contributed by atoms with Crippen molar-refractivity contribution in [1.29, 1.82) is 0 Å². The van der Waals surface area contributed by atoms with Gasteiger partial charge in [-0.2, -0.15) is 5.10 Å². The number of amides is 3. The molecule has 0 unspecified atom stereocenters. The predicted molar refractivity (Wildman–Crippen MR) is 92.6 cm³/mol. The van der Waals surface area contributed by atoms with Crippen molar-refractivity contribution in [2.45, 2.75) is 38.3 Å². The van der Waals surface area contributed by atoms with Gasteiger partial charge < -0.3 is 16.4 Å². The minimum Gasteiger partial charge on any atom is -0.368 e. The number of nitrogens with two attached hydrogens (primary N) is 1. The summed E-state index contributed by atoms with van der Waals surface area (Å²) in [6, 6.07) is 3.85. The number of urea groups is 1. The van der Waals surface area contributed by atoms with E-state index in [2.05, 4.69) is 21.8 Å². The number of carbonyl (C=O) groups is 2. The average molecular weight is 347 g/mol. The monoisotopic (exact) mass is 347 g/mol. The van der Waals surface area contributed by atoms with Gasteiger partial charge >= 0.3 is 6.03 Å². The Hall–Kier alpha value is -2.35. The Labute approximate surface area is 144 Å². The molecule has 1 fully saturated rings. The van der Waals surface area contributed by atoms with Gasteiger partial charge in [-0.3, -0.25) is 9.48 Å². The normalized spacial score (nSPS) is 16.0. The molecule has 24 heavy (non-hydrogen) atoms. The third-order valence-corrected chi connectivity index (χ3v) is 5.17. The molecule has 0 spiro atoms. The van der Waals surface area contributed by atoms with Gasteiger partial charge in [-0.25, -0.2) is 4.79 Å². The van der Waals surface area contributed by atoms with Gasteiger partial charge in [0.1, 0.15) is 6.54 Å². The van der Waals surface area contributed by atoms with Gasteiger partial charge in [-0.15, -0.1) is 11.3 Å². The van der Waals surface area contributed by atoms with Gasteiger partial charge in [0.25, 0.3) is 0 Å². The summed E-state index contributed by atoms with van der Waals surface area (Å²) in [7, 11) is 0. The highest BCUT2D eigenvalue weighted by Gasteiger charge is 2.28. The number of nitrogens with zero attached hydrogens (tertiary/aromatic N) is 2. The summed E-state index contributed by atoms with van der Waals surface area (Å²) in [6.07, 6.45) is 7.79. The molecule has 0 aliphatic heterocycles. The van der Waals surface area contributed by atoms with E-state index >= 15 is 0 Å². The highest BCUT2D eigenvalue weighted by atomic mass is 32.1. The summed E-state index contributed by atoms with van der Waals surface area (Å²) in [5.41, 5.74) is 5.66. The van der Waals surface area contributed by atoms with Crippen LogP contribution < -0.4 is 16.4 Å². The lowest BCUT2D eigenvalue weighted by Gasteiger charge is -2.23. The van der Waals surface area contributed by atoms with Crippen molar-refractivity contribution in [2.75, 3.05) is 5.32 Å². The van der Waals surface area contributed by atoms with E-state index in [-0.39, 0.29) is 18.6 Å². The van der Waals surface area contributed by atoms with Gasteiger partial charge in [0.15, 0.2) is 0 Å². The van der Waals surface area contributed by atoms with Gasteiger partial charge in [0, 0.05) is 11.1 Å². The fourth-order valence-electron chi connectivity index (χ4n) is 3.16. The Bertz CT molecular complexity index is 691. The third kappa shape index (κ3) is 4.14. The molecule has 2 aromatic heterocycles. The number of anilines is 1. The third-order valence-electron chi connectivity index (χ3n) is 4.22. The zero-order valence-corrected chi connectivity index (χ0v) is 14.1. The number of hydrogen-bond acceptors (Lipinski definition) is 4. The summed E-state index contributed by atoms with van der Waals surface area (Å²) in [6.45, 7) is -0.0107. The second-order valence-corrected chi connectivity index (χ2v) is 7.01. The van der Waals surface area contributed by atoms with Crippen molar-refractivity contribution in [1.82, 2.24) is 15.1 Å². The Kier molecular flexibility index (Phi) is 5.14. The molecule has 2 heterocycles. The van der Waals surface area contributed by atoms with Crippen LogP contribution in [0.3, 0.4) is 0 Å². The van der Waals surface area contributed by atoms with Crippen molar-refractivity contribution >= 4 is 29.0 Å². The molecule has 0 bridgehead atoms. The van der Waals surface area contributed by atoms with Crippen LogP contribution >= 0.6 is 11.3 Å². The van der Waals surface area contributed by atoms with Crippen LogP contribution in [-0.4, -0.2) is 21.7 Å².